The molecule has 5 heteroatoms. The third-order valence-corrected chi connectivity index (χ3v) is 7.28. The van der Waals surface area contributed by atoms with Crippen LogP contribution >= 0.6 is 27.7 Å². The molecule has 0 unspecified atom stereocenters. The Labute approximate surface area is 119 Å². The van der Waals surface area contributed by atoms with Gasteiger partial charge in [-0.15, -0.1) is 11.8 Å². The minimum Gasteiger partial charge on any atom is -0.258 e. The summed E-state index contributed by atoms with van der Waals surface area (Å²) in [5.41, 5.74) is 0.241. The number of nitrogens with zero attached hydrogens (tertiary/aromatic N) is 1. The SMILES string of the molecule is O=[N+]([O-])c1ccccc1S[C@H]1[C@H]2CC[C@H](C2)[C@H]1Br. The number of rotatable bonds is 3. The molecule has 1 aromatic rings. The molecule has 0 N–H and O–H groups in total. The van der Waals surface area contributed by atoms with Gasteiger partial charge in [-0.05, 0) is 37.2 Å². The number of benzene rings is 1. The van der Waals surface area contributed by atoms with Crippen LogP contribution in [0.25, 0.3) is 0 Å². The van der Waals surface area contributed by atoms with Gasteiger partial charge in [0.1, 0.15) is 0 Å². The Kier molecular flexibility index (Phi) is 3.36. The maximum Gasteiger partial charge on any atom is 0.282 e. The van der Waals surface area contributed by atoms with E-state index in [1.165, 1.54) is 19.3 Å². The smallest absolute Gasteiger partial charge is 0.258 e. The van der Waals surface area contributed by atoms with Crippen molar-refractivity contribution < 1.29 is 4.92 Å². The van der Waals surface area contributed by atoms with Crippen LogP contribution in [0.5, 0.6) is 0 Å². The van der Waals surface area contributed by atoms with E-state index in [9.17, 15) is 10.1 Å². The van der Waals surface area contributed by atoms with Crippen LogP contribution in [0.15, 0.2) is 29.2 Å². The van der Waals surface area contributed by atoms with Crippen LogP contribution in [0.1, 0.15) is 19.3 Å². The van der Waals surface area contributed by atoms with Gasteiger partial charge in [-0.25, -0.2) is 0 Å². The normalized spacial score (nSPS) is 33.8. The van der Waals surface area contributed by atoms with E-state index in [1.54, 1.807) is 23.9 Å². The van der Waals surface area contributed by atoms with Crippen molar-refractivity contribution in [2.75, 3.05) is 0 Å². The Balaban J connectivity index is 1.83. The van der Waals surface area contributed by atoms with E-state index in [0.717, 1.165) is 16.7 Å². The minimum atomic E-state index is -0.279. The highest BCUT2D eigenvalue weighted by Gasteiger charge is 2.47. The van der Waals surface area contributed by atoms with Gasteiger partial charge >= 0.3 is 0 Å². The quantitative estimate of drug-likeness (QED) is 0.473. The van der Waals surface area contributed by atoms with E-state index in [2.05, 4.69) is 15.9 Å². The second kappa shape index (κ2) is 4.85. The van der Waals surface area contributed by atoms with E-state index in [4.69, 9.17) is 0 Å². The Bertz CT molecular complexity index is 480. The van der Waals surface area contributed by atoms with Gasteiger partial charge in [0.25, 0.3) is 5.69 Å². The summed E-state index contributed by atoms with van der Waals surface area (Å²) in [6.45, 7) is 0. The molecule has 0 amide bonds. The lowest BCUT2D eigenvalue weighted by molar-refractivity contribution is -0.387. The van der Waals surface area contributed by atoms with Gasteiger partial charge in [-0.3, -0.25) is 10.1 Å². The topological polar surface area (TPSA) is 43.1 Å². The highest BCUT2D eigenvalue weighted by Crippen LogP contribution is 2.54. The lowest BCUT2D eigenvalue weighted by atomic mass is 10.0. The molecule has 0 radical (unpaired) electrons. The van der Waals surface area contributed by atoms with Crippen LogP contribution in [0.2, 0.25) is 0 Å². The van der Waals surface area contributed by atoms with Crippen LogP contribution in [0, 0.1) is 22.0 Å². The van der Waals surface area contributed by atoms with Crippen molar-refractivity contribution in [3.05, 3.63) is 34.4 Å². The molecule has 96 valence electrons. The first kappa shape index (κ1) is 12.5. The number of alkyl halides is 1. The van der Waals surface area contributed by atoms with Crippen molar-refractivity contribution in [2.45, 2.75) is 34.2 Å². The summed E-state index contributed by atoms with van der Waals surface area (Å²) in [5.74, 6) is 1.50. The first-order valence-electron chi connectivity index (χ1n) is 6.21. The van der Waals surface area contributed by atoms with Gasteiger partial charge in [-0.1, -0.05) is 28.1 Å². The lowest BCUT2D eigenvalue weighted by Crippen LogP contribution is -2.24. The lowest BCUT2D eigenvalue weighted by Gasteiger charge is -2.26. The number of hydrogen-bond acceptors (Lipinski definition) is 3. The van der Waals surface area contributed by atoms with Crippen molar-refractivity contribution >= 4 is 33.4 Å². The van der Waals surface area contributed by atoms with Gasteiger partial charge in [-0.2, -0.15) is 0 Å². The average Bonchev–Trinajstić information content (AvgIpc) is 2.93. The molecule has 1 aromatic carbocycles. The van der Waals surface area contributed by atoms with Gasteiger partial charge in [0.15, 0.2) is 0 Å². The third kappa shape index (κ3) is 2.07. The van der Waals surface area contributed by atoms with Crippen LogP contribution in [-0.2, 0) is 0 Å². The van der Waals surface area contributed by atoms with Gasteiger partial charge < -0.3 is 0 Å². The Morgan fingerprint density at radius 3 is 2.67 bits per heavy atom. The van der Waals surface area contributed by atoms with Crippen LogP contribution in [0.3, 0.4) is 0 Å². The number of para-hydroxylation sites is 1. The molecule has 0 saturated heterocycles. The zero-order valence-electron chi connectivity index (χ0n) is 9.79. The number of thioether (sulfide) groups is 1. The van der Waals surface area contributed by atoms with E-state index in [0.29, 0.717) is 10.1 Å². The standard InChI is InChI=1S/C13H14BrNO2S/c14-12-8-5-6-9(7-8)13(12)18-11-4-2-1-3-10(11)15(16)17/h1-4,8-9,12-13H,5-7H2/t8-,9+,12-,13+/m1/s1. The molecule has 2 aliphatic carbocycles. The summed E-state index contributed by atoms with van der Waals surface area (Å²) in [6, 6.07) is 7.08. The largest absolute Gasteiger partial charge is 0.282 e. The van der Waals surface area contributed by atoms with E-state index < -0.39 is 0 Å². The predicted molar refractivity (Wildman–Crippen MR) is 76.3 cm³/mol. The molecule has 0 spiro atoms. The highest BCUT2D eigenvalue weighted by atomic mass is 79.9. The molecule has 0 heterocycles. The van der Waals surface area contributed by atoms with Gasteiger partial charge in [0.05, 0.1) is 9.82 Å². The number of fused-ring (bicyclic) bond motifs is 2. The van der Waals surface area contributed by atoms with E-state index >= 15 is 0 Å². The predicted octanol–water partition coefficient (Wildman–Crippen LogP) is 4.25. The van der Waals surface area contributed by atoms with Gasteiger partial charge in [0.2, 0.25) is 0 Å². The summed E-state index contributed by atoms with van der Waals surface area (Å²) in [5, 5.41) is 11.5. The molecule has 2 saturated carbocycles. The number of halogens is 1. The zero-order chi connectivity index (χ0) is 12.7. The van der Waals surface area contributed by atoms with Crippen molar-refractivity contribution in [1.29, 1.82) is 0 Å². The van der Waals surface area contributed by atoms with Crippen LogP contribution in [-0.4, -0.2) is 15.0 Å². The van der Waals surface area contributed by atoms with Crippen LogP contribution < -0.4 is 0 Å². The molecule has 0 aromatic heterocycles. The second-order valence-electron chi connectivity index (χ2n) is 5.08. The monoisotopic (exact) mass is 327 g/mol. The molecule has 0 aliphatic heterocycles. The van der Waals surface area contributed by atoms with Crippen molar-refractivity contribution in [3.63, 3.8) is 0 Å². The van der Waals surface area contributed by atoms with E-state index in [1.807, 2.05) is 12.1 Å². The molecular formula is C13H14BrNO2S. The fraction of sp³-hybridized carbons (Fsp3) is 0.538. The minimum absolute atomic E-state index is 0.241. The summed E-state index contributed by atoms with van der Waals surface area (Å²) >= 11 is 5.48. The molecule has 3 rings (SSSR count). The second-order valence-corrected chi connectivity index (χ2v) is 7.36. The fourth-order valence-corrected chi connectivity index (χ4v) is 5.93. The molecule has 2 fully saturated rings. The zero-order valence-corrected chi connectivity index (χ0v) is 12.2. The summed E-state index contributed by atoms with van der Waals surface area (Å²) in [7, 11) is 0. The molecule has 18 heavy (non-hydrogen) atoms. The first-order chi connectivity index (χ1) is 8.66. The van der Waals surface area contributed by atoms with Crippen molar-refractivity contribution in [3.8, 4) is 0 Å². The fourth-order valence-electron chi connectivity index (χ4n) is 3.18. The maximum atomic E-state index is 11.0. The van der Waals surface area contributed by atoms with Crippen molar-refractivity contribution in [2.24, 2.45) is 11.8 Å². The van der Waals surface area contributed by atoms with Gasteiger partial charge in [0, 0.05) is 16.1 Å². The molecule has 2 aliphatic rings. The molecule has 3 nitrogen and oxygen atoms in total. The Morgan fingerprint density at radius 1 is 1.28 bits per heavy atom. The third-order valence-electron chi connectivity index (χ3n) is 4.07. The van der Waals surface area contributed by atoms with Crippen molar-refractivity contribution in [1.82, 2.24) is 0 Å². The number of nitro groups is 1. The highest BCUT2D eigenvalue weighted by molar-refractivity contribution is 9.09. The number of hydrogen-bond donors (Lipinski definition) is 0. The molecular weight excluding hydrogens is 314 g/mol. The Hall–Kier alpha value is -0.550. The van der Waals surface area contributed by atoms with E-state index in [-0.39, 0.29) is 10.6 Å². The maximum absolute atomic E-state index is 11.0. The van der Waals surface area contributed by atoms with Crippen LogP contribution in [0.4, 0.5) is 5.69 Å². The molecule has 2 bridgehead atoms. The summed E-state index contributed by atoms with van der Waals surface area (Å²) in [6.07, 6.45) is 3.88. The summed E-state index contributed by atoms with van der Waals surface area (Å²) < 4.78 is 0. The first-order valence-corrected chi connectivity index (χ1v) is 8.00. The Morgan fingerprint density at radius 2 is 2.00 bits per heavy atom. The molecule has 4 atom stereocenters. The number of nitro benzene ring substituents is 1. The average molecular weight is 328 g/mol. The summed E-state index contributed by atoms with van der Waals surface area (Å²) in [4.78, 5) is 12.1.